The molecule has 0 unspecified atom stereocenters. The highest BCUT2D eigenvalue weighted by molar-refractivity contribution is 14.2. The maximum absolute atomic E-state index is 6.86. The van der Waals surface area contributed by atoms with Crippen LogP contribution in [0.5, 0.6) is 0 Å². The maximum atomic E-state index is 6.86. The summed E-state index contributed by atoms with van der Waals surface area (Å²) in [5.41, 5.74) is 5.12. The maximum Gasteiger partial charge on any atom is 0.0905 e. The molecule has 0 amide bonds. The van der Waals surface area contributed by atoms with Crippen molar-refractivity contribution in [1.29, 1.82) is 5.41 Å². The quantitative estimate of drug-likeness (QED) is 0.351. The zero-order valence-electron chi connectivity index (χ0n) is 4.32. The van der Waals surface area contributed by atoms with Crippen LogP contribution >= 0.6 is 45.2 Å². The van der Waals surface area contributed by atoms with Crippen molar-refractivity contribution >= 4 is 51.0 Å². The summed E-state index contributed by atoms with van der Waals surface area (Å²) in [5.74, 6) is 0.295. The smallest absolute Gasteiger partial charge is 0.0905 e. The van der Waals surface area contributed by atoms with Gasteiger partial charge in [-0.2, -0.15) is 0 Å². The minimum absolute atomic E-state index is 0.295. The van der Waals surface area contributed by atoms with E-state index in [-0.39, 0.29) is 0 Å². The predicted octanol–water partition coefficient (Wildman–Crippen LogP) is 1.90. The number of halogens is 2. The third kappa shape index (κ3) is 6.93. The molecule has 0 atom stereocenters. The van der Waals surface area contributed by atoms with Crippen LogP contribution in [-0.2, 0) is 0 Å². The number of alkyl halides is 2. The van der Waals surface area contributed by atoms with Gasteiger partial charge in [0.15, 0.2) is 0 Å². The molecule has 0 saturated heterocycles. The molecule has 0 aliphatic heterocycles. The normalized spacial score (nSPS) is 9.88. The van der Waals surface area contributed by atoms with Crippen LogP contribution < -0.4 is 5.73 Å². The van der Waals surface area contributed by atoms with E-state index in [1.807, 2.05) is 0 Å². The van der Waals surface area contributed by atoms with E-state index in [2.05, 4.69) is 45.2 Å². The largest absolute Gasteiger partial charge is 0.388 e. The molecule has 0 aromatic rings. The third-order valence-corrected chi connectivity index (χ3v) is 1.88. The van der Waals surface area contributed by atoms with Crippen molar-refractivity contribution < 1.29 is 0 Å². The second-order valence-electron chi connectivity index (χ2n) is 1.45. The van der Waals surface area contributed by atoms with Crippen LogP contribution in [0.15, 0.2) is 0 Å². The topological polar surface area (TPSA) is 49.9 Å². The molecule has 0 heterocycles. The Morgan fingerprint density at radius 3 is 2.25 bits per heavy atom. The van der Waals surface area contributed by atoms with Crippen LogP contribution in [0.25, 0.3) is 0 Å². The Hall–Kier alpha value is 0.930. The van der Waals surface area contributed by atoms with E-state index in [4.69, 9.17) is 11.1 Å². The van der Waals surface area contributed by atoms with Gasteiger partial charge >= 0.3 is 0 Å². The van der Waals surface area contributed by atoms with E-state index in [1.54, 1.807) is 0 Å². The van der Waals surface area contributed by atoms with Crippen LogP contribution in [0.2, 0.25) is 0 Å². The van der Waals surface area contributed by atoms with Crippen molar-refractivity contribution in [2.75, 3.05) is 0 Å². The molecule has 0 bridgehead atoms. The van der Waals surface area contributed by atoms with Gasteiger partial charge < -0.3 is 5.73 Å². The van der Waals surface area contributed by atoms with Crippen LogP contribution in [0, 0.1) is 5.41 Å². The molecule has 0 fully saturated rings. The Labute approximate surface area is 76.4 Å². The second-order valence-corrected chi connectivity index (χ2v) is 6.85. The fourth-order valence-electron chi connectivity index (χ4n) is 0.265. The molecule has 3 N–H and O–H groups in total. The highest BCUT2D eigenvalue weighted by atomic mass is 127. The summed E-state index contributed by atoms with van der Waals surface area (Å²) in [6, 6.07) is 0. The van der Waals surface area contributed by atoms with Crippen LogP contribution in [0.4, 0.5) is 0 Å². The van der Waals surface area contributed by atoms with Crippen molar-refractivity contribution in [2.45, 2.75) is 14.8 Å². The highest BCUT2D eigenvalue weighted by Gasteiger charge is 1.96. The van der Waals surface area contributed by atoms with E-state index < -0.39 is 0 Å². The van der Waals surface area contributed by atoms with E-state index in [9.17, 15) is 0 Å². The summed E-state index contributed by atoms with van der Waals surface area (Å²) < 4.78 is 0.606. The lowest BCUT2D eigenvalue weighted by atomic mass is 10.3. The van der Waals surface area contributed by atoms with Gasteiger partial charge in [0.1, 0.15) is 0 Å². The monoisotopic (exact) mass is 338 g/mol. The fourth-order valence-corrected chi connectivity index (χ4v) is 0.887. The number of nitrogens with two attached hydrogens (primary N) is 1. The first-order valence-corrected chi connectivity index (χ1v) is 4.73. The lowest BCUT2D eigenvalue weighted by Crippen LogP contribution is -2.09. The van der Waals surface area contributed by atoms with Crippen molar-refractivity contribution in [3.63, 3.8) is 0 Å². The molecule has 0 rings (SSSR count). The minimum Gasteiger partial charge on any atom is -0.388 e. The first-order valence-electron chi connectivity index (χ1n) is 2.24. The van der Waals surface area contributed by atoms with E-state index in [0.29, 0.717) is 7.77 Å². The number of nitrogens with one attached hydrogen (secondary N) is 1. The van der Waals surface area contributed by atoms with E-state index in [0.717, 1.165) is 12.8 Å². The van der Waals surface area contributed by atoms with Gasteiger partial charge in [-0.15, -0.1) is 0 Å². The standard InChI is InChI=1S/C4H8I2N2/c5-3(6)1-2-4(7)8/h3H,1-2H2,(H3,7,8). The van der Waals surface area contributed by atoms with Crippen molar-refractivity contribution in [3.8, 4) is 0 Å². The summed E-state index contributed by atoms with van der Waals surface area (Å²) in [6.07, 6.45) is 1.74. The fraction of sp³-hybridized carbons (Fsp3) is 0.750. The highest BCUT2D eigenvalue weighted by Crippen LogP contribution is 2.15. The number of amidine groups is 1. The molecule has 0 spiro atoms. The van der Waals surface area contributed by atoms with Crippen molar-refractivity contribution in [2.24, 2.45) is 5.73 Å². The van der Waals surface area contributed by atoms with E-state index in [1.165, 1.54) is 0 Å². The third-order valence-electron chi connectivity index (χ3n) is 0.632. The van der Waals surface area contributed by atoms with Gasteiger partial charge in [-0.3, -0.25) is 5.41 Å². The van der Waals surface area contributed by atoms with E-state index >= 15 is 0 Å². The second kappa shape index (κ2) is 4.78. The Bertz CT molecular complexity index is 82.1. The van der Waals surface area contributed by atoms with Gasteiger partial charge in [0, 0.05) is 6.42 Å². The Morgan fingerprint density at radius 1 is 1.62 bits per heavy atom. The number of hydrogen-bond acceptors (Lipinski definition) is 1. The van der Waals surface area contributed by atoms with Gasteiger partial charge in [-0.25, -0.2) is 0 Å². The molecule has 48 valence electrons. The molecule has 0 aliphatic rings. The average Bonchev–Trinajstić information content (AvgIpc) is 1.61. The summed E-state index contributed by atoms with van der Waals surface area (Å²) in [4.78, 5) is 0. The number of rotatable bonds is 3. The molecule has 0 aromatic heterocycles. The van der Waals surface area contributed by atoms with Crippen molar-refractivity contribution in [1.82, 2.24) is 0 Å². The molecule has 0 aromatic carbocycles. The molecule has 4 heteroatoms. The van der Waals surface area contributed by atoms with Gasteiger partial charge in [-0.05, 0) is 6.42 Å². The molecular weight excluding hydrogens is 330 g/mol. The van der Waals surface area contributed by atoms with Crippen LogP contribution in [0.1, 0.15) is 12.8 Å². The van der Waals surface area contributed by atoms with Gasteiger partial charge in [0.25, 0.3) is 0 Å². The number of hydrogen-bond donors (Lipinski definition) is 2. The Kier molecular flexibility index (Phi) is 5.33. The lowest BCUT2D eigenvalue weighted by Gasteiger charge is -1.97. The van der Waals surface area contributed by atoms with Gasteiger partial charge in [0.05, 0.1) is 7.77 Å². The molecule has 0 radical (unpaired) electrons. The van der Waals surface area contributed by atoms with Crippen LogP contribution in [0.3, 0.4) is 0 Å². The first kappa shape index (κ1) is 8.93. The predicted molar refractivity (Wildman–Crippen MR) is 53.0 cm³/mol. The summed E-state index contributed by atoms with van der Waals surface area (Å²) in [5, 5.41) is 6.86. The average molecular weight is 338 g/mol. The zero-order chi connectivity index (χ0) is 6.57. The lowest BCUT2D eigenvalue weighted by molar-refractivity contribution is 0.989. The Morgan fingerprint density at radius 2 is 2.12 bits per heavy atom. The molecular formula is C4H8I2N2. The SMILES string of the molecule is N=C(N)CCC(I)I. The van der Waals surface area contributed by atoms with Crippen LogP contribution in [-0.4, -0.2) is 7.77 Å². The summed E-state index contributed by atoms with van der Waals surface area (Å²) >= 11 is 4.62. The minimum atomic E-state index is 0.295. The first-order chi connectivity index (χ1) is 3.63. The van der Waals surface area contributed by atoms with Crippen molar-refractivity contribution in [3.05, 3.63) is 0 Å². The molecule has 0 aliphatic carbocycles. The molecule has 0 saturated carbocycles. The zero-order valence-corrected chi connectivity index (χ0v) is 8.64. The Balaban J connectivity index is 3.05. The van der Waals surface area contributed by atoms with Gasteiger partial charge in [-0.1, -0.05) is 45.2 Å². The molecule has 8 heavy (non-hydrogen) atoms. The summed E-state index contributed by atoms with van der Waals surface area (Å²) in [6.45, 7) is 0. The summed E-state index contributed by atoms with van der Waals surface area (Å²) in [7, 11) is 0. The van der Waals surface area contributed by atoms with Gasteiger partial charge in [0.2, 0.25) is 0 Å². The molecule has 2 nitrogen and oxygen atoms in total.